The summed E-state index contributed by atoms with van der Waals surface area (Å²) in [7, 11) is 0. The van der Waals surface area contributed by atoms with Crippen LogP contribution in [0.1, 0.15) is 65.1 Å². The topological polar surface area (TPSA) is 43.4 Å². The van der Waals surface area contributed by atoms with E-state index in [0.717, 1.165) is 16.7 Å². The van der Waals surface area contributed by atoms with Gasteiger partial charge in [-0.3, -0.25) is 4.79 Å². The number of carbonyl (C=O) groups excluding carboxylic acids is 2. The van der Waals surface area contributed by atoms with Gasteiger partial charge >= 0.3 is 5.97 Å². The number of carbonyl (C=O) groups is 2. The zero-order chi connectivity index (χ0) is 18.8. The molecule has 2 rings (SSSR count). The number of Topliss-reactive ketones (excluding diaryl/α,β-unsaturated/α-hetero) is 1. The number of hydrogen-bond acceptors (Lipinski definition) is 3. The van der Waals surface area contributed by atoms with Crippen LogP contribution >= 0.6 is 0 Å². The van der Waals surface area contributed by atoms with Crippen molar-refractivity contribution in [1.29, 1.82) is 0 Å². The lowest BCUT2D eigenvalue weighted by Crippen LogP contribution is -2.25. The van der Waals surface area contributed by atoms with E-state index in [-0.39, 0.29) is 11.2 Å². The first kappa shape index (κ1) is 18.9. The van der Waals surface area contributed by atoms with Crippen molar-refractivity contribution in [3.63, 3.8) is 0 Å². The number of hydrogen-bond donors (Lipinski definition) is 0. The van der Waals surface area contributed by atoms with Crippen molar-refractivity contribution in [3.8, 4) is 0 Å². The highest BCUT2D eigenvalue weighted by Gasteiger charge is 2.22. The first-order valence-corrected chi connectivity index (χ1v) is 8.53. The molecule has 0 unspecified atom stereocenters. The molecule has 0 radical (unpaired) electrons. The largest absolute Gasteiger partial charge is 0.451 e. The normalized spacial score (nSPS) is 12.6. The zero-order valence-corrected chi connectivity index (χ0v) is 15.8. The van der Waals surface area contributed by atoms with Crippen LogP contribution in [0.3, 0.4) is 0 Å². The van der Waals surface area contributed by atoms with E-state index in [9.17, 15) is 9.59 Å². The van der Waals surface area contributed by atoms with Gasteiger partial charge in [-0.25, -0.2) is 4.79 Å². The van der Waals surface area contributed by atoms with E-state index in [0.29, 0.717) is 11.1 Å². The molecule has 0 fully saturated rings. The third kappa shape index (κ3) is 4.36. The van der Waals surface area contributed by atoms with E-state index in [1.54, 1.807) is 25.1 Å². The van der Waals surface area contributed by atoms with Crippen LogP contribution in [0.2, 0.25) is 0 Å². The van der Waals surface area contributed by atoms with Crippen molar-refractivity contribution in [2.45, 2.75) is 53.1 Å². The molecule has 0 saturated carbocycles. The van der Waals surface area contributed by atoms with Crippen LogP contribution in [0.4, 0.5) is 0 Å². The number of aryl methyl sites for hydroxylation is 1. The minimum absolute atomic E-state index is 0.0301. The molecule has 2 aromatic rings. The quantitative estimate of drug-likeness (QED) is 0.580. The van der Waals surface area contributed by atoms with E-state index in [1.807, 2.05) is 38.1 Å². The summed E-state index contributed by atoms with van der Waals surface area (Å²) in [4.78, 5) is 24.9. The number of esters is 1. The highest BCUT2D eigenvalue weighted by Crippen LogP contribution is 2.23. The summed E-state index contributed by atoms with van der Waals surface area (Å²) in [5, 5.41) is 0. The Morgan fingerprint density at radius 3 is 2.12 bits per heavy atom. The molecule has 0 aliphatic heterocycles. The average Bonchev–Trinajstić information content (AvgIpc) is 2.55. The van der Waals surface area contributed by atoms with Crippen molar-refractivity contribution in [1.82, 2.24) is 0 Å². The summed E-state index contributed by atoms with van der Waals surface area (Å²) in [5.41, 5.74) is 4.14. The first-order chi connectivity index (χ1) is 11.6. The van der Waals surface area contributed by atoms with Crippen LogP contribution < -0.4 is 0 Å². The van der Waals surface area contributed by atoms with Gasteiger partial charge in [0.2, 0.25) is 5.78 Å². The summed E-state index contributed by atoms with van der Waals surface area (Å²) in [6.07, 6.45) is -0.826. The molecule has 25 heavy (non-hydrogen) atoms. The molecule has 0 N–H and O–H groups in total. The second kappa shape index (κ2) is 7.22. The molecular formula is C22H26O3. The molecular weight excluding hydrogens is 312 g/mol. The fourth-order valence-electron chi connectivity index (χ4n) is 2.62. The van der Waals surface area contributed by atoms with Crippen molar-refractivity contribution in [3.05, 3.63) is 70.3 Å². The smallest absolute Gasteiger partial charge is 0.339 e. The van der Waals surface area contributed by atoms with E-state index < -0.39 is 12.1 Å². The molecule has 132 valence electrons. The predicted molar refractivity (Wildman–Crippen MR) is 100 cm³/mol. The van der Waals surface area contributed by atoms with Gasteiger partial charge in [-0.15, -0.1) is 0 Å². The second-order valence-corrected chi connectivity index (χ2v) is 7.49. The van der Waals surface area contributed by atoms with Crippen LogP contribution in [-0.2, 0) is 10.2 Å². The molecule has 2 aromatic carbocycles. The fourth-order valence-corrected chi connectivity index (χ4v) is 2.62. The van der Waals surface area contributed by atoms with Gasteiger partial charge in [-0.1, -0.05) is 57.2 Å². The van der Waals surface area contributed by atoms with E-state index in [2.05, 4.69) is 20.8 Å². The summed E-state index contributed by atoms with van der Waals surface area (Å²) < 4.78 is 5.40. The SMILES string of the molecule is Cc1cccc(C(=O)O[C@@H](C)C(=O)c2ccc(C(C)(C)C)cc2)c1C. The van der Waals surface area contributed by atoms with Crippen molar-refractivity contribution in [2.24, 2.45) is 0 Å². The van der Waals surface area contributed by atoms with Crippen LogP contribution in [0.15, 0.2) is 42.5 Å². The van der Waals surface area contributed by atoms with Gasteiger partial charge in [-0.2, -0.15) is 0 Å². The number of ether oxygens (including phenoxy) is 1. The second-order valence-electron chi connectivity index (χ2n) is 7.49. The van der Waals surface area contributed by atoms with Crippen LogP contribution in [0.25, 0.3) is 0 Å². The van der Waals surface area contributed by atoms with Crippen molar-refractivity contribution in [2.75, 3.05) is 0 Å². The van der Waals surface area contributed by atoms with Gasteiger partial charge in [0.25, 0.3) is 0 Å². The standard InChI is InChI=1S/C22H26O3/c1-14-8-7-9-19(15(14)2)21(24)25-16(3)20(23)17-10-12-18(13-11-17)22(4,5)6/h7-13,16H,1-6H3/t16-/m0/s1. The Morgan fingerprint density at radius 2 is 1.56 bits per heavy atom. The summed E-state index contributed by atoms with van der Waals surface area (Å²) >= 11 is 0. The van der Waals surface area contributed by atoms with Gasteiger partial charge in [0.1, 0.15) is 0 Å². The molecule has 0 saturated heterocycles. The third-order valence-corrected chi connectivity index (χ3v) is 4.51. The lowest BCUT2D eigenvalue weighted by molar-refractivity contribution is 0.0318. The summed E-state index contributed by atoms with van der Waals surface area (Å²) in [6, 6.07) is 13.0. The lowest BCUT2D eigenvalue weighted by atomic mass is 9.86. The van der Waals surface area contributed by atoms with Gasteiger partial charge in [0, 0.05) is 5.56 Å². The zero-order valence-electron chi connectivity index (χ0n) is 15.8. The van der Waals surface area contributed by atoms with Crippen LogP contribution in [-0.4, -0.2) is 17.9 Å². The minimum atomic E-state index is -0.826. The molecule has 0 aliphatic rings. The molecule has 0 bridgehead atoms. The first-order valence-electron chi connectivity index (χ1n) is 8.53. The van der Waals surface area contributed by atoms with E-state index in [4.69, 9.17) is 4.74 Å². The Hall–Kier alpha value is -2.42. The van der Waals surface area contributed by atoms with E-state index in [1.165, 1.54) is 0 Å². The maximum atomic E-state index is 12.5. The van der Waals surface area contributed by atoms with Crippen molar-refractivity contribution >= 4 is 11.8 Å². The number of ketones is 1. The molecule has 0 heterocycles. The molecule has 0 aliphatic carbocycles. The Morgan fingerprint density at radius 1 is 0.960 bits per heavy atom. The van der Waals surface area contributed by atoms with Gasteiger partial charge < -0.3 is 4.74 Å². The average molecular weight is 338 g/mol. The molecule has 0 spiro atoms. The predicted octanol–water partition coefficient (Wildman–Crippen LogP) is 5.03. The third-order valence-electron chi connectivity index (χ3n) is 4.51. The highest BCUT2D eigenvalue weighted by atomic mass is 16.5. The summed E-state index contributed by atoms with van der Waals surface area (Å²) in [6.45, 7) is 11.8. The summed E-state index contributed by atoms with van der Waals surface area (Å²) in [5.74, 6) is -0.660. The Labute approximate surface area is 150 Å². The van der Waals surface area contributed by atoms with E-state index >= 15 is 0 Å². The van der Waals surface area contributed by atoms with Gasteiger partial charge in [-0.05, 0) is 48.9 Å². The van der Waals surface area contributed by atoms with Gasteiger partial charge in [0.05, 0.1) is 5.56 Å². The Balaban J connectivity index is 2.12. The molecule has 0 aromatic heterocycles. The van der Waals surface area contributed by atoms with Crippen LogP contribution in [0.5, 0.6) is 0 Å². The molecule has 1 atom stereocenters. The molecule has 3 heteroatoms. The monoisotopic (exact) mass is 338 g/mol. The molecule has 0 amide bonds. The highest BCUT2D eigenvalue weighted by molar-refractivity contribution is 6.01. The minimum Gasteiger partial charge on any atom is -0.451 e. The Bertz CT molecular complexity index is 780. The fraction of sp³-hybridized carbons (Fsp3) is 0.364. The maximum absolute atomic E-state index is 12.5. The maximum Gasteiger partial charge on any atom is 0.339 e. The number of benzene rings is 2. The number of rotatable bonds is 4. The molecule has 3 nitrogen and oxygen atoms in total. The van der Waals surface area contributed by atoms with Crippen LogP contribution in [0, 0.1) is 13.8 Å². The van der Waals surface area contributed by atoms with Crippen molar-refractivity contribution < 1.29 is 14.3 Å². The Kier molecular flexibility index (Phi) is 5.46. The lowest BCUT2D eigenvalue weighted by Gasteiger charge is -2.19. The van der Waals surface area contributed by atoms with Gasteiger partial charge in [0.15, 0.2) is 6.10 Å².